The van der Waals surface area contributed by atoms with E-state index in [0.717, 1.165) is 45.1 Å². The number of sulfone groups is 1. The number of carbonyl (C=O) groups excluding carboxylic acids is 2. The van der Waals surface area contributed by atoms with Crippen molar-refractivity contribution < 1.29 is 22.7 Å². The van der Waals surface area contributed by atoms with Crippen molar-refractivity contribution in [3.05, 3.63) is 0 Å². The molecule has 3 rings (SSSR count). The van der Waals surface area contributed by atoms with Gasteiger partial charge in [0.25, 0.3) is 0 Å². The minimum absolute atomic E-state index is 0.0264. The Bertz CT molecular complexity index is 660. The number of rotatable bonds is 6. The van der Waals surface area contributed by atoms with Gasteiger partial charge in [-0.3, -0.25) is 14.5 Å². The molecule has 2 atom stereocenters. The van der Waals surface area contributed by atoms with Crippen LogP contribution < -0.4 is 0 Å². The summed E-state index contributed by atoms with van der Waals surface area (Å²) in [6.07, 6.45) is 7.55. The minimum atomic E-state index is -3.04. The van der Waals surface area contributed by atoms with Gasteiger partial charge in [0.05, 0.1) is 30.6 Å². The van der Waals surface area contributed by atoms with Gasteiger partial charge in [0.1, 0.15) is 0 Å². The molecule has 1 aliphatic carbocycles. The molecule has 28 heavy (non-hydrogen) atoms. The minimum Gasteiger partial charge on any atom is -0.466 e. The predicted octanol–water partition coefficient (Wildman–Crippen LogP) is 1.61. The summed E-state index contributed by atoms with van der Waals surface area (Å²) in [5.41, 5.74) is 0. The van der Waals surface area contributed by atoms with E-state index in [0.29, 0.717) is 19.6 Å². The Kier molecular flexibility index (Phi) is 7.36. The molecule has 0 radical (unpaired) electrons. The zero-order chi connectivity index (χ0) is 20.1. The highest BCUT2D eigenvalue weighted by atomic mass is 32.2. The van der Waals surface area contributed by atoms with Crippen LogP contribution in [0.2, 0.25) is 0 Å². The first-order valence-electron chi connectivity index (χ1n) is 10.8. The highest BCUT2D eigenvalue weighted by molar-refractivity contribution is 7.91. The predicted molar refractivity (Wildman–Crippen MR) is 107 cm³/mol. The van der Waals surface area contributed by atoms with Crippen molar-refractivity contribution in [2.45, 2.75) is 70.4 Å². The van der Waals surface area contributed by atoms with Gasteiger partial charge in [-0.05, 0) is 45.6 Å². The van der Waals surface area contributed by atoms with E-state index in [-0.39, 0.29) is 47.9 Å². The summed E-state index contributed by atoms with van der Waals surface area (Å²) in [6, 6.07) is -0.0311. The number of likely N-dealkylation sites (tertiary alicyclic amines) is 1. The van der Waals surface area contributed by atoms with Gasteiger partial charge in [-0.25, -0.2) is 8.42 Å². The van der Waals surface area contributed by atoms with E-state index in [1.807, 2.05) is 9.80 Å². The van der Waals surface area contributed by atoms with Crippen LogP contribution in [0.15, 0.2) is 0 Å². The Morgan fingerprint density at radius 2 is 1.79 bits per heavy atom. The molecular formula is C20H34N2O5S. The van der Waals surface area contributed by atoms with Gasteiger partial charge in [-0.15, -0.1) is 0 Å². The third-order valence-corrected chi connectivity index (χ3v) is 8.09. The number of ether oxygens (including phenoxy) is 1. The summed E-state index contributed by atoms with van der Waals surface area (Å²) in [5.74, 6) is -0.0376. The van der Waals surface area contributed by atoms with E-state index in [2.05, 4.69) is 0 Å². The molecule has 0 aromatic rings. The fourth-order valence-corrected chi connectivity index (χ4v) is 6.70. The summed E-state index contributed by atoms with van der Waals surface area (Å²) in [6.45, 7) is 3.79. The molecule has 2 aliphatic heterocycles. The van der Waals surface area contributed by atoms with Crippen LogP contribution in [-0.4, -0.2) is 79.9 Å². The Balaban J connectivity index is 1.66. The van der Waals surface area contributed by atoms with Crippen molar-refractivity contribution in [3.63, 3.8) is 0 Å². The third-order valence-electron chi connectivity index (χ3n) is 6.34. The lowest BCUT2D eigenvalue weighted by Gasteiger charge is -2.40. The van der Waals surface area contributed by atoms with Crippen LogP contribution in [0.1, 0.15) is 58.3 Å². The fraction of sp³-hybridized carbons (Fsp3) is 0.900. The number of piperidine rings is 1. The molecule has 2 unspecified atom stereocenters. The zero-order valence-corrected chi connectivity index (χ0v) is 17.8. The Hall–Kier alpha value is -1.15. The van der Waals surface area contributed by atoms with Crippen LogP contribution in [0.25, 0.3) is 0 Å². The van der Waals surface area contributed by atoms with Crippen LogP contribution in [0, 0.1) is 5.92 Å². The van der Waals surface area contributed by atoms with Crippen LogP contribution >= 0.6 is 0 Å². The molecule has 0 spiro atoms. The number of hydrogen-bond donors (Lipinski definition) is 0. The maximum Gasteiger partial charge on any atom is 0.310 e. The molecule has 3 fully saturated rings. The molecular weight excluding hydrogens is 380 g/mol. The highest BCUT2D eigenvalue weighted by Crippen LogP contribution is 2.29. The van der Waals surface area contributed by atoms with E-state index in [4.69, 9.17) is 4.74 Å². The van der Waals surface area contributed by atoms with Gasteiger partial charge in [0, 0.05) is 18.6 Å². The highest BCUT2D eigenvalue weighted by Gasteiger charge is 2.39. The molecule has 0 bridgehead atoms. The standard InChI is InChI=1S/C20H34N2O5S/c1-2-27-20(24)16-7-6-11-21(13-16)14-19(23)22(17-8-4-3-5-9-17)18-10-12-28(25,26)15-18/h16-18H,2-15H2,1H3. The first kappa shape index (κ1) is 21.6. The molecule has 7 nitrogen and oxygen atoms in total. The molecule has 3 aliphatic rings. The van der Waals surface area contributed by atoms with Crippen molar-refractivity contribution in [3.8, 4) is 0 Å². The van der Waals surface area contributed by atoms with Crippen LogP contribution in [0.4, 0.5) is 0 Å². The van der Waals surface area contributed by atoms with Gasteiger partial charge in [-0.1, -0.05) is 19.3 Å². The van der Waals surface area contributed by atoms with Gasteiger partial charge in [0.15, 0.2) is 9.84 Å². The number of esters is 1. The number of amides is 1. The van der Waals surface area contributed by atoms with E-state index < -0.39 is 9.84 Å². The SMILES string of the molecule is CCOC(=O)C1CCCN(CC(=O)N(C2CCCCC2)C2CCS(=O)(=O)C2)C1. The maximum absolute atomic E-state index is 13.3. The zero-order valence-electron chi connectivity index (χ0n) is 17.0. The second-order valence-electron chi connectivity index (χ2n) is 8.48. The average Bonchev–Trinajstić information content (AvgIpc) is 3.02. The lowest BCUT2D eigenvalue weighted by Crippen LogP contribution is -2.53. The first-order chi connectivity index (χ1) is 13.4. The summed E-state index contributed by atoms with van der Waals surface area (Å²) >= 11 is 0. The number of nitrogens with zero attached hydrogens (tertiary/aromatic N) is 2. The number of carbonyl (C=O) groups is 2. The van der Waals surface area contributed by atoms with Crippen molar-refractivity contribution in [1.82, 2.24) is 9.80 Å². The molecule has 1 saturated carbocycles. The smallest absolute Gasteiger partial charge is 0.310 e. The van der Waals surface area contributed by atoms with E-state index in [9.17, 15) is 18.0 Å². The first-order valence-corrected chi connectivity index (χ1v) is 12.6. The second-order valence-corrected chi connectivity index (χ2v) is 10.7. The molecule has 0 aromatic heterocycles. The molecule has 8 heteroatoms. The van der Waals surface area contributed by atoms with E-state index >= 15 is 0 Å². The number of hydrogen-bond acceptors (Lipinski definition) is 6. The van der Waals surface area contributed by atoms with Crippen molar-refractivity contribution in [2.75, 3.05) is 37.7 Å². The van der Waals surface area contributed by atoms with Crippen LogP contribution in [0.3, 0.4) is 0 Å². The summed E-state index contributed by atoms with van der Waals surface area (Å²) in [4.78, 5) is 29.3. The van der Waals surface area contributed by atoms with Gasteiger partial charge in [0.2, 0.25) is 5.91 Å². The maximum atomic E-state index is 13.3. The lowest BCUT2D eigenvalue weighted by atomic mass is 9.92. The average molecular weight is 415 g/mol. The van der Waals surface area contributed by atoms with E-state index in [1.54, 1.807) is 6.92 Å². The van der Waals surface area contributed by atoms with Crippen molar-refractivity contribution >= 4 is 21.7 Å². The summed E-state index contributed by atoms with van der Waals surface area (Å²) in [7, 11) is -3.04. The van der Waals surface area contributed by atoms with Crippen LogP contribution in [-0.2, 0) is 24.2 Å². The Morgan fingerprint density at radius 1 is 1.04 bits per heavy atom. The van der Waals surface area contributed by atoms with Gasteiger partial charge >= 0.3 is 5.97 Å². The van der Waals surface area contributed by atoms with Crippen LogP contribution in [0.5, 0.6) is 0 Å². The Morgan fingerprint density at radius 3 is 2.43 bits per heavy atom. The molecule has 2 saturated heterocycles. The largest absolute Gasteiger partial charge is 0.466 e. The van der Waals surface area contributed by atoms with Crippen molar-refractivity contribution in [1.29, 1.82) is 0 Å². The van der Waals surface area contributed by atoms with E-state index in [1.165, 1.54) is 6.42 Å². The lowest BCUT2D eigenvalue weighted by molar-refractivity contribution is -0.151. The van der Waals surface area contributed by atoms with Crippen molar-refractivity contribution in [2.24, 2.45) is 5.92 Å². The summed E-state index contributed by atoms with van der Waals surface area (Å²) in [5, 5.41) is 0. The topological polar surface area (TPSA) is 84.0 Å². The fourth-order valence-electron chi connectivity index (χ4n) is 4.98. The quantitative estimate of drug-likeness (QED) is 0.614. The molecule has 160 valence electrons. The second kappa shape index (κ2) is 9.57. The summed E-state index contributed by atoms with van der Waals surface area (Å²) < 4.78 is 29.2. The Labute approximate surface area is 168 Å². The third kappa shape index (κ3) is 5.47. The normalized spacial score (nSPS) is 28.8. The molecule has 1 amide bonds. The molecule has 0 aromatic carbocycles. The monoisotopic (exact) mass is 414 g/mol. The molecule has 0 N–H and O–H groups in total. The van der Waals surface area contributed by atoms with Gasteiger partial charge < -0.3 is 9.64 Å². The van der Waals surface area contributed by atoms with Gasteiger partial charge in [-0.2, -0.15) is 0 Å². The molecule has 2 heterocycles.